The molecular weight excluding hydrogens is 330 g/mol. The molecule has 4 nitrogen and oxygen atoms in total. The third-order valence-electron chi connectivity index (χ3n) is 3.24. The van der Waals surface area contributed by atoms with Gasteiger partial charge in [-0.25, -0.2) is 0 Å². The van der Waals surface area contributed by atoms with Gasteiger partial charge in [-0.15, -0.1) is 5.10 Å². The van der Waals surface area contributed by atoms with Crippen molar-refractivity contribution in [2.75, 3.05) is 0 Å². The molecule has 1 aliphatic heterocycles. The van der Waals surface area contributed by atoms with Crippen LogP contribution >= 0.6 is 23.4 Å². The molecule has 1 atom stereocenters. The lowest BCUT2D eigenvalue weighted by molar-refractivity contribution is -0.118. The van der Waals surface area contributed by atoms with Gasteiger partial charge in [0.15, 0.2) is 5.17 Å². The van der Waals surface area contributed by atoms with Gasteiger partial charge >= 0.3 is 0 Å². The van der Waals surface area contributed by atoms with Gasteiger partial charge in [0.2, 0.25) is 5.91 Å². The molecule has 0 aliphatic carbocycles. The first-order chi connectivity index (χ1) is 11.2. The van der Waals surface area contributed by atoms with Gasteiger partial charge in [-0.3, -0.25) is 4.79 Å². The maximum absolute atomic E-state index is 12.0. The highest BCUT2D eigenvalue weighted by Crippen LogP contribution is 2.24. The molecular formula is C17H14ClN3OS. The van der Waals surface area contributed by atoms with Gasteiger partial charge in [0.05, 0.1) is 11.5 Å². The first-order valence-corrected chi connectivity index (χ1v) is 8.34. The molecule has 0 spiro atoms. The van der Waals surface area contributed by atoms with Crippen LogP contribution < -0.4 is 5.32 Å². The summed E-state index contributed by atoms with van der Waals surface area (Å²) in [6.07, 6.45) is 2.27. The van der Waals surface area contributed by atoms with Gasteiger partial charge in [0, 0.05) is 5.02 Å². The van der Waals surface area contributed by atoms with Crippen LogP contribution in [0.15, 0.2) is 64.8 Å². The monoisotopic (exact) mass is 343 g/mol. The van der Waals surface area contributed by atoms with Gasteiger partial charge in [-0.1, -0.05) is 65.8 Å². The summed E-state index contributed by atoms with van der Waals surface area (Å²) in [7, 11) is 0. The van der Waals surface area contributed by atoms with Gasteiger partial charge in [0.1, 0.15) is 0 Å². The number of thioether (sulfide) groups is 1. The number of nitrogens with zero attached hydrogens (tertiary/aromatic N) is 2. The molecule has 1 heterocycles. The molecule has 0 unspecified atom stereocenters. The quantitative estimate of drug-likeness (QED) is 0.682. The zero-order chi connectivity index (χ0) is 16.1. The van der Waals surface area contributed by atoms with E-state index in [1.165, 1.54) is 11.8 Å². The van der Waals surface area contributed by atoms with Crippen LogP contribution in [0.4, 0.5) is 0 Å². The van der Waals surface area contributed by atoms with Crippen molar-refractivity contribution in [3.8, 4) is 0 Å². The van der Waals surface area contributed by atoms with Crippen molar-refractivity contribution >= 4 is 40.7 Å². The van der Waals surface area contributed by atoms with Crippen LogP contribution in [-0.4, -0.2) is 22.5 Å². The SMILES string of the molecule is O=C1N/C(=N\N=C/c2ccccc2)S[C@@H]1Cc1cccc(Cl)c1. The van der Waals surface area contributed by atoms with E-state index in [4.69, 9.17) is 11.6 Å². The van der Waals surface area contributed by atoms with Gasteiger partial charge in [-0.05, 0) is 29.7 Å². The molecule has 0 saturated carbocycles. The Balaban J connectivity index is 1.63. The lowest BCUT2D eigenvalue weighted by Gasteiger charge is -2.05. The number of amides is 1. The van der Waals surface area contributed by atoms with E-state index in [1.54, 1.807) is 6.21 Å². The Hall–Kier alpha value is -2.11. The number of nitrogens with one attached hydrogen (secondary N) is 1. The Morgan fingerprint density at radius 1 is 1.17 bits per heavy atom. The van der Waals surface area contributed by atoms with Crippen molar-refractivity contribution in [3.63, 3.8) is 0 Å². The summed E-state index contributed by atoms with van der Waals surface area (Å²) in [5, 5.41) is 11.8. The molecule has 1 saturated heterocycles. The molecule has 0 aromatic heterocycles. The highest BCUT2D eigenvalue weighted by Gasteiger charge is 2.30. The maximum Gasteiger partial charge on any atom is 0.239 e. The summed E-state index contributed by atoms with van der Waals surface area (Å²) in [5.74, 6) is -0.0522. The van der Waals surface area contributed by atoms with E-state index in [-0.39, 0.29) is 11.2 Å². The summed E-state index contributed by atoms with van der Waals surface area (Å²) in [6.45, 7) is 0. The topological polar surface area (TPSA) is 53.8 Å². The third kappa shape index (κ3) is 4.43. The molecule has 1 N–H and O–H groups in total. The summed E-state index contributed by atoms with van der Waals surface area (Å²) in [5.41, 5.74) is 1.99. The Labute approximate surface area is 143 Å². The number of carbonyl (C=O) groups excluding carboxylic acids is 1. The van der Waals surface area contributed by atoms with Crippen molar-refractivity contribution in [2.45, 2.75) is 11.7 Å². The normalized spacial score (nSPS) is 19.4. The predicted octanol–water partition coefficient (Wildman–Crippen LogP) is 3.50. The highest BCUT2D eigenvalue weighted by atomic mass is 35.5. The molecule has 3 rings (SSSR count). The molecule has 116 valence electrons. The van der Waals surface area contributed by atoms with Crippen molar-refractivity contribution < 1.29 is 4.79 Å². The van der Waals surface area contributed by atoms with E-state index in [0.29, 0.717) is 16.6 Å². The van der Waals surface area contributed by atoms with E-state index >= 15 is 0 Å². The van der Waals surface area contributed by atoms with Crippen LogP contribution in [0.2, 0.25) is 5.02 Å². The molecule has 1 amide bonds. The summed E-state index contributed by atoms with van der Waals surface area (Å²) in [4.78, 5) is 12.0. The van der Waals surface area contributed by atoms with Crippen LogP contribution in [0.25, 0.3) is 0 Å². The molecule has 1 fully saturated rings. The number of rotatable bonds is 4. The molecule has 0 bridgehead atoms. The number of halogens is 1. The fourth-order valence-corrected chi connectivity index (χ4v) is 3.33. The fourth-order valence-electron chi connectivity index (χ4n) is 2.15. The van der Waals surface area contributed by atoms with Crippen molar-refractivity contribution in [1.29, 1.82) is 0 Å². The lowest BCUT2D eigenvalue weighted by atomic mass is 10.1. The fraction of sp³-hybridized carbons (Fsp3) is 0.118. The van der Waals surface area contributed by atoms with Crippen LogP contribution in [-0.2, 0) is 11.2 Å². The zero-order valence-corrected chi connectivity index (χ0v) is 13.7. The van der Waals surface area contributed by atoms with Crippen molar-refractivity contribution in [2.24, 2.45) is 10.2 Å². The summed E-state index contributed by atoms with van der Waals surface area (Å²) < 4.78 is 0. The number of hydrogen-bond acceptors (Lipinski definition) is 4. The maximum atomic E-state index is 12.0. The Morgan fingerprint density at radius 3 is 2.78 bits per heavy atom. The van der Waals surface area contributed by atoms with E-state index in [2.05, 4.69) is 15.5 Å². The predicted molar refractivity (Wildman–Crippen MR) is 96.1 cm³/mol. The smallest absolute Gasteiger partial charge is 0.239 e. The van der Waals surface area contributed by atoms with E-state index in [0.717, 1.165) is 11.1 Å². The first-order valence-electron chi connectivity index (χ1n) is 7.09. The van der Waals surface area contributed by atoms with Crippen molar-refractivity contribution in [3.05, 3.63) is 70.7 Å². The lowest BCUT2D eigenvalue weighted by Crippen LogP contribution is -2.25. The van der Waals surface area contributed by atoms with E-state index in [9.17, 15) is 4.79 Å². The second-order valence-corrected chi connectivity index (χ2v) is 6.62. The van der Waals surface area contributed by atoms with Crippen LogP contribution in [0.3, 0.4) is 0 Å². The number of carbonyl (C=O) groups is 1. The molecule has 23 heavy (non-hydrogen) atoms. The third-order valence-corrected chi connectivity index (χ3v) is 4.55. The van der Waals surface area contributed by atoms with Crippen LogP contribution in [0, 0.1) is 0 Å². The summed E-state index contributed by atoms with van der Waals surface area (Å²) in [6, 6.07) is 17.2. The molecule has 2 aromatic rings. The minimum absolute atomic E-state index is 0.0522. The zero-order valence-electron chi connectivity index (χ0n) is 12.1. The second-order valence-electron chi connectivity index (χ2n) is 4.99. The van der Waals surface area contributed by atoms with E-state index < -0.39 is 0 Å². The molecule has 6 heteroatoms. The van der Waals surface area contributed by atoms with E-state index in [1.807, 2.05) is 54.6 Å². The van der Waals surface area contributed by atoms with Gasteiger partial charge in [-0.2, -0.15) is 5.10 Å². The van der Waals surface area contributed by atoms with Crippen molar-refractivity contribution in [1.82, 2.24) is 5.32 Å². The first kappa shape index (κ1) is 15.8. The summed E-state index contributed by atoms with van der Waals surface area (Å²) >= 11 is 7.36. The Kier molecular flexibility index (Phi) is 5.10. The van der Waals surface area contributed by atoms with Gasteiger partial charge in [0.25, 0.3) is 0 Å². The number of benzene rings is 2. The minimum Gasteiger partial charge on any atom is -0.303 e. The largest absolute Gasteiger partial charge is 0.303 e. The Bertz CT molecular complexity index is 761. The number of amidine groups is 1. The molecule has 2 aromatic carbocycles. The molecule has 0 radical (unpaired) electrons. The van der Waals surface area contributed by atoms with Crippen LogP contribution in [0.1, 0.15) is 11.1 Å². The molecule has 1 aliphatic rings. The Morgan fingerprint density at radius 2 is 2.00 bits per heavy atom. The standard InChI is InChI=1S/C17H14ClN3OS/c18-14-8-4-7-13(9-14)10-15-16(22)20-17(23-15)21-19-11-12-5-2-1-3-6-12/h1-9,11,15H,10H2,(H,20,21,22)/b19-11-/t15-/m1/s1. The average molecular weight is 344 g/mol. The van der Waals surface area contributed by atoms with Gasteiger partial charge < -0.3 is 5.32 Å². The average Bonchev–Trinajstić information content (AvgIpc) is 2.88. The van der Waals surface area contributed by atoms with Crippen LogP contribution in [0.5, 0.6) is 0 Å². The highest BCUT2D eigenvalue weighted by molar-refractivity contribution is 8.15. The minimum atomic E-state index is -0.209. The second kappa shape index (κ2) is 7.44. The number of hydrogen-bond donors (Lipinski definition) is 1.